The molecule has 0 radical (unpaired) electrons. The number of piperidine rings is 2. The van der Waals surface area contributed by atoms with Gasteiger partial charge in [0.25, 0.3) is 0 Å². The highest BCUT2D eigenvalue weighted by atomic mass is 19.4. The molecule has 1 N–H and O–H groups in total. The first-order chi connectivity index (χ1) is 18.7. The van der Waals surface area contributed by atoms with E-state index in [0.29, 0.717) is 46.1 Å². The summed E-state index contributed by atoms with van der Waals surface area (Å²) in [6, 6.07) is 12.5. The van der Waals surface area contributed by atoms with E-state index in [2.05, 4.69) is 34.7 Å². The van der Waals surface area contributed by atoms with Crippen molar-refractivity contribution in [2.75, 3.05) is 40.4 Å². The lowest BCUT2D eigenvalue weighted by molar-refractivity contribution is -0.126. The van der Waals surface area contributed by atoms with Gasteiger partial charge in [0.1, 0.15) is 0 Å². The Morgan fingerprint density at radius 2 is 1.59 bits per heavy atom. The van der Waals surface area contributed by atoms with E-state index in [-0.39, 0.29) is 5.56 Å². The number of alkyl halides is 3. The standard InChI is InChI=1S/C31H40F3N3O2/c1-20(2)36-15-11-24(12-16-36)37-13-9-21(10-14-37)22-5-7-27-25(17-22)26(19-31(32,33)34)30(35-27)23-6-8-28(38-3)29(18-23)39-4/h5-8,17-18,20-21,24,35H,9-16,19H2,1-4H3. The summed E-state index contributed by atoms with van der Waals surface area (Å²) in [6.45, 7) is 8.96. The average molecular weight is 544 g/mol. The van der Waals surface area contributed by atoms with Gasteiger partial charge in [0.2, 0.25) is 0 Å². The van der Waals surface area contributed by atoms with Crippen molar-refractivity contribution in [3.05, 3.63) is 47.5 Å². The van der Waals surface area contributed by atoms with Crippen molar-refractivity contribution < 1.29 is 22.6 Å². The van der Waals surface area contributed by atoms with Crippen LogP contribution in [-0.4, -0.2) is 73.4 Å². The highest BCUT2D eigenvalue weighted by Crippen LogP contribution is 2.40. The highest BCUT2D eigenvalue weighted by molar-refractivity contribution is 5.91. The van der Waals surface area contributed by atoms with Crippen LogP contribution >= 0.6 is 0 Å². The maximum Gasteiger partial charge on any atom is 0.393 e. The van der Waals surface area contributed by atoms with Crippen LogP contribution in [0.15, 0.2) is 36.4 Å². The number of hydrogen-bond acceptors (Lipinski definition) is 4. The molecule has 3 heterocycles. The molecule has 2 aliphatic heterocycles. The van der Waals surface area contributed by atoms with E-state index in [9.17, 15) is 13.2 Å². The van der Waals surface area contributed by atoms with E-state index in [0.717, 1.165) is 50.1 Å². The molecular weight excluding hydrogens is 503 g/mol. The summed E-state index contributed by atoms with van der Waals surface area (Å²) < 4.78 is 52.1. The Morgan fingerprint density at radius 3 is 2.21 bits per heavy atom. The minimum Gasteiger partial charge on any atom is -0.493 e. The van der Waals surface area contributed by atoms with Gasteiger partial charge in [-0.2, -0.15) is 13.2 Å². The summed E-state index contributed by atoms with van der Waals surface area (Å²) in [6.07, 6.45) is -0.800. The van der Waals surface area contributed by atoms with E-state index in [1.807, 2.05) is 12.1 Å². The van der Waals surface area contributed by atoms with Crippen LogP contribution < -0.4 is 9.47 Å². The largest absolute Gasteiger partial charge is 0.493 e. The molecule has 1 aromatic heterocycles. The average Bonchev–Trinajstić information content (AvgIpc) is 3.28. The smallest absolute Gasteiger partial charge is 0.393 e. The monoisotopic (exact) mass is 543 g/mol. The molecule has 0 amide bonds. The fourth-order valence-corrected chi connectivity index (χ4v) is 6.51. The fourth-order valence-electron chi connectivity index (χ4n) is 6.51. The van der Waals surface area contributed by atoms with Gasteiger partial charge in [-0.1, -0.05) is 6.07 Å². The van der Waals surface area contributed by atoms with Crippen molar-refractivity contribution in [2.24, 2.45) is 0 Å². The summed E-state index contributed by atoms with van der Waals surface area (Å²) in [5.41, 5.74) is 3.25. The van der Waals surface area contributed by atoms with Crippen molar-refractivity contribution >= 4 is 10.9 Å². The number of nitrogens with one attached hydrogen (secondary N) is 1. The number of aromatic nitrogens is 1. The Labute approximate surface area is 229 Å². The number of hydrogen-bond donors (Lipinski definition) is 1. The number of ether oxygens (including phenoxy) is 2. The van der Waals surface area contributed by atoms with Crippen LogP contribution in [0.3, 0.4) is 0 Å². The van der Waals surface area contributed by atoms with Crippen LogP contribution in [0, 0.1) is 0 Å². The SMILES string of the molecule is COc1ccc(-c2[nH]c3ccc(C4CCN(C5CCN(C(C)C)CC5)CC4)cc3c2CC(F)(F)F)cc1OC. The zero-order valence-corrected chi connectivity index (χ0v) is 23.4. The third kappa shape index (κ3) is 6.07. The second kappa shape index (κ2) is 11.4. The third-order valence-corrected chi connectivity index (χ3v) is 8.73. The number of halogens is 3. The Balaban J connectivity index is 1.38. The summed E-state index contributed by atoms with van der Waals surface area (Å²) in [5, 5.41) is 0.651. The molecule has 0 saturated carbocycles. The van der Waals surface area contributed by atoms with Crippen LogP contribution in [0.25, 0.3) is 22.2 Å². The molecule has 212 valence electrons. The maximum absolute atomic E-state index is 13.8. The van der Waals surface area contributed by atoms with Gasteiger partial charge in [-0.25, -0.2) is 0 Å². The first kappa shape index (κ1) is 27.8. The molecule has 0 atom stereocenters. The molecule has 2 saturated heterocycles. The first-order valence-electron chi connectivity index (χ1n) is 14.1. The number of H-pyrrole nitrogens is 1. The number of nitrogens with zero attached hydrogens (tertiary/aromatic N) is 2. The van der Waals surface area contributed by atoms with Gasteiger partial charge < -0.3 is 24.3 Å². The van der Waals surface area contributed by atoms with Gasteiger partial charge in [0, 0.05) is 28.6 Å². The van der Waals surface area contributed by atoms with Crippen molar-refractivity contribution in [1.82, 2.24) is 14.8 Å². The Kier molecular flexibility index (Phi) is 8.15. The number of benzene rings is 2. The van der Waals surface area contributed by atoms with Gasteiger partial charge in [-0.15, -0.1) is 0 Å². The molecule has 0 bridgehead atoms. The fraction of sp³-hybridized carbons (Fsp3) is 0.548. The predicted molar refractivity (Wildman–Crippen MR) is 150 cm³/mol. The molecule has 8 heteroatoms. The Hall–Kier alpha value is -2.71. The summed E-state index contributed by atoms with van der Waals surface area (Å²) >= 11 is 0. The zero-order chi connectivity index (χ0) is 27.7. The van der Waals surface area contributed by atoms with E-state index >= 15 is 0 Å². The lowest BCUT2D eigenvalue weighted by atomic mass is 9.87. The number of likely N-dealkylation sites (tertiary alicyclic amines) is 2. The third-order valence-electron chi connectivity index (χ3n) is 8.73. The molecule has 2 fully saturated rings. The lowest BCUT2D eigenvalue weighted by Crippen LogP contribution is -2.48. The minimum absolute atomic E-state index is 0.279. The van der Waals surface area contributed by atoms with E-state index in [1.54, 1.807) is 18.2 Å². The second-order valence-corrected chi connectivity index (χ2v) is 11.3. The molecule has 0 unspecified atom stereocenters. The van der Waals surface area contributed by atoms with Crippen LogP contribution in [0.4, 0.5) is 13.2 Å². The van der Waals surface area contributed by atoms with Crippen LogP contribution in [-0.2, 0) is 6.42 Å². The lowest BCUT2D eigenvalue weighted by Gasteiger charge is -2.43. The maximum atomic E-state index is 13.8. The molecule has 5 nitrogen and oxygen atoms in total. The second-order valence-electron chi connectivity index (χ2n) is 11.3. The summed E-state index contributed by atoms with van der Waals surface area (Å²) in [7, 11) is 3.06. The molecule has 2 aromatic carbocycles. The molecule has 5 rings (SSSR count). The summed E-state index contributed by atoms with van der Waals surface area (Å²) in [4.78, 5) is 8.48. The molecule has 0 spiro atoms. The van der Waals surface area contributed by atoms with E-state index < -0.39 is 12.6 Å². The Morgan fingerprint density at radius 1 is 0.897 bits per heavy atom. The van der Waals surface area contributed by atoms with Crippen molar-refractivity contribution in [2.45, 2.75) is 70.1 Å². The minimum atomic E-state index is -4.33. The van der Waals surface area contributed by atoms with E-state index in [1.165, 1.54) is 27.1 Å². The van der Waals surface area contributed by atoms with Crippen LogP contribution in [0.5, 0.6) is 11.5 Å². The van der Waals surface area contributed by atoms with Crippen molar-refractivity contribution in [3.8, 4) is 22.8 Å². The highest BCUT2D eigenvalue weighted by Gasteiger charge is 2.33. The van der Waals surface area contributed by atoms with Gasteiger partial charge >= 0.3 is 6.18 Å². The first-order valence-corrected chi connectivity index (χ1v) is 14.1. The van der Waals surface area contributed by atoms with Crippen molar-refractivity contribution in [3.63, 3.8) is 0 Å². The van der Waals surface area contributed by atoms with E-state index in [4.69, 9.17) is 9.47 Å². The van der Waals surface area contributed by atoms with Gasteiger partial charge in [-0.05, 0) is 113 Å². The predicted octanol–water partition coefficient (Wildman–Crippen LogP) is 7.01. The number of rotatable bonds is 7. The Bertz CT molecular complexity index is 1270. The van der Waals surface area contributed by atoms with Gasteiger partial charge in [0.15, 0.2) is 11.5 Å². The molecular formula is C31H40F3N3O2. The molecule has 2 aliphatic rings. The quantitative estimate of drug-likeness (QED) is 0.348. The number of aromatic amines is 1. The number of methoxy groups -OCH3 is 2. The topological polar surface area (TPSA) is 40.7 Å². The molecule has 3 aromatic rings. The van der Waals surface area contributed by atoms with Gasteiger partial charge in [-0.3, -0.25) is 0 Å². The molecule has 0 aliphatic carbocycles. The normalized spacial score (nSPS) is 18.8. The zero-order valence-electron chi connectivity index (χ0n) is 23.4. The van der Waals surface area contributed by atoms with Crippen LogP contribution in [0.2, 0.25) is 0 Å². The van der Waals surface area contributed by atoms with Gasteiger partial charge in [0.05, 0.1) is 26.3 Å². The molecule has 39 heavy (non-hydrogen) atoms. The number of fused-ring (bicyclic) bond motifs is 1. The van der Waals surface area contributed by atoms with Crippen molar-refractivity contribution in [1.29, 1.82) is 0 Å². The summed E-state index contributed by atoms with van der Waals surface area (Å²) in [5.74, 6) is 1.38. The van der Waals surface area contributed by atoms with Crippen LogP contribution in [0.1, 0.15) is 56.6 Å².